The number of fused-ring (bicyclic) bond motifs is 3. The molecule has 0 saturated carbocycles. The van der Waals surface area contributed by atoms with Gasteiger partial charge in [-0.25, -0.2) is 0 Å². The van der Waals surface area contributed by atoms with Crippen molar-refractivity contribution in [3.05, 3.63) is 64.9 Å². The van der Waals surface area contributed by atoms with Gasteiger partial charge in [0.2, 0.25) is 5.91 Å². The topological polar surface area (TPSA) is 49.4 Å². The minimum absolute atomic E-state index is 0.188. The maximum atomic E-state index is 13.3. The first-order valence-electron chi connectivity index (χ1n) is 8.81. The SMILES string of the molecule is C=C/C=C1\C(=C/C)NC(=O)C12C(=O)N(C)c1cc3c(cc12)CCCC3. The number of aryl methyl sites for hydroxylation is 2. The number of rotatable bonds is 1. The quantitative estimate of drug-likeness (QED) is 0.803. The lowest BCUT2D eigenvalue weighted by atomic mass is 9.74. The molecule has 1 aromatic rings. The molecule has 1 unspecified atom stereocenters. The molecular formula is C21H22N2O2. The molecule has 1 spiro atoms. The van der Waals surface area contributed by atoms with E-state index in [0.29, 0.717) is 11.3 Å². The average molecular weight is 334 g/mol. The third kappa shape index (κ3) is 1.88. The van der Waals surface area contributed by atoms with Gasteiger partial charge in [0.05, 0.1) is 0 Å². The number of benzene rings is 1. The standard InChI is InChI=1S/C21H22N2O2/c1-4-8-15-17(5-2)22-19(24)21(15)16-11-13-9-6-7-10-14(13)12-18(16)23(3)20(21)25/h4-5,8,11-12H,1,6-7,9-10H2,2-3H3,(H,22,24)/b15-8+,17-5+. The molecule has 1 atom stereocenters. The molecule has 0 aromatic heterocycles. The highest BCUT2D eigenvalue weighted by Gasteiger charge is 2.62. The predicted molar refractivity (Wildman–Crippen MR) is 98.4 cm³/mol. The predicted octanol–water partition coefficient (Wildman–Crippen LogP) is 2.93. The van der Waals surface area contributed by atoms with E-state index in [-0.39, 0.29) is 11.8 Å². The fourth-order valence-corrected chi connectivity index (χ4v) is 4.47. The van der Waals surface area contributed by atoms with E-state index in [2.05, 4.69) is 24.0 Å². The summed E-state index contributed by atoms with van der Waals surface area (Å²) in [6.45, 7) is 5.64. The molecule has 1 aliphatic carbocycles. The summed E-state index contributed by atoms with van der Waals surface area (Å²) in [7, 11) is 1.76. The third-order valence-electron chi connectivity index (χ3n) is 5.71. The van der Waals surface area contributed by atoms with Crippen molar-refractivity contribution in [1.29, 1.82) is 0 Å². The lowest BCUT2D eigenvalue weighted by Crippen LogP contribution is -2.45. The van der Waals surface area contributed by atoms with Crippen LogP contribution in [0.4, 0.5) is 5.69 Å². The van der Waals surface area contributed by atoms with E-state index in [0.717, 1.165) is 30.5 Å². The number of likely N-dealkylation sites (N-methyl/N-ethyl adjacent to an activating group) is 1. The highest BCUT2D eigenvalue weighted by molar-refractivity contribution is 6.27. The van der Waals surface area contributed by atoms with Crippen molar-refractivity contribution in [2.45, 2.75) is 38.0 Å². The normalized spacial score (nSPS) is 27.8. The molecule has 128 valence electrons. The van der Waals surface area contributed by atoms with Crippen LogP contribution in [0.2, 0.25) is 0 Å². The summed E-state index contributed by atoms with van der Waals surface area (Å²) in [4.78, 5) is 28.0. The summed E-state index contributed by atoms with van der Waals surface area (Å²) < 4.78 is 0. The van der Waals surface area contributed by atoms with Crippen LogP contribution in [0.5, 0.6) is 0 Å². The van der Waals surface area contributed by atoms with Crippen molar-refractivity contribution in [3.8, 4) is 0 Å². The summed E-state index contributed by atoms with van der Waals surface area (Å²) in [6, 6.07) is 4.21. The van der Waals surface area contributed by atoms with Crippen molar-refractivity contribution < 1.29 is 9.59 Å². The molecule has 3 aliphatic rings. The molecular weight excluding hydrogens is 312 g/mol. The Morgan fingerprint density at radius 1 is 1.20 bits per heavy atom. The average Bonchev–Trinajstić information content (AvgIpc) is 3.02. The number of nitrogens with one attached hydrogen (secondary N) is 1. The number of carbonyl (C=O) groups is 2. The number of carbonyl (C=O) groups excluding carboxylic acids is 2. The molecule has 1 N–H and O–H groups in total. The lowest BCUT2D eigenvalue weighted by Gasteiger charge is -2.23. The first-order valence-corrected chi connectivity index (χ1v) is 8.81. The molecule has 2 heterocycles. The maximum absolute atomic E-state index is 13.3. The summed E-state index contributed by atoms with van der Waals surface area (Å²) in [6.07, 6.45) is 9.65. The van der Waals surface area contributed by atoms with Crippen LogP contribution in [0, 0.1) is 0 Å². The Bertz CT molecular complexity index is 878. The number of amides is 2. The van der Waals surface area contributed by atoms with Gasteiger partial charge in [0.15, 0.2) is 5.41 Å². The molecule has 1 fully saturated rings. The van der Waals surface area contributed by atoms with E-state index in [4.69, 9.17) is 0 Å². The van der Waals surface area contributed by atoms with Crippen LogP contribution in [0.15, 0.2) is 48.2 Å². The van der Waals surface area contributed by atoms with E-state index in [9.17, 15) is 9.59 Å². The van der Waals surface area contributed by atoms with Gasteiger partial charge in [0, 0.05) is 29.6 Å². The van der Waals surface area contributed by atoms with Crippen LogP contribution >= 0.6 is 0 Å². The van der Waals surface area contributed by atoms with Crippen molar-refractivity contribution in [2.75, 3.05) is 11.9 Å². The Kier molecular flexibility index (Phi) is 3.46. The monoisotopic (exact) mass is 334 g/mol. The van der Waals surface area contributed by atoms with Gasteiger partial charge in [-0.3, -0.25) is 9.59 Å². The zero-order valence-corrected chi connectivity index (χ0v) is 14.7. The van der Waals surface area contributed by atoms with E-state index < -0.39 is 5.41 Å². The minimum Gasteiger partial charge on any atom is -0.325 e. The molecule has 2 amide bonds. The summed E-state index contributed by atoms with van der Waals surface area (Å²) in [5.41, 5.74) is 4.34. The summed E-state index contributed by atoms with van der Waals surface area (Å²) in [5, 5.41) is 2.90. The zero-order chi connectivity index (χ0) is 17.8. The van der Waals surface area contributed by atoms with Crippen molar-refractivity contribution >= 4 is 17.5 Å². The molecule has 4 nitrogen and oxygen atoms in total. The lowest BCUT2D eigenvalue weighted by molar-refractivity contribution is -0.131. The van der Waals surface area contributed by atoms with Gasteiger partial charge in [-0.2, -0.15) is 0 Å². The smallest absolute Gasteiger partial charge is 0.251 e. The second kappa shape index (κ2) is 5.45. The Balaban J connectivity index is 2.04. The van der Waals surface area contributed by atoms with Crippen LogP contribution in [-0.4, -0.2) is 18.9 Å². The molecule has 1 saturated heterocycles. The fraction of sp³-hybridized carbons (Fsp3) is 0.333. The zero-order valence-electron chi connectivity index (χ0n) is 14.7. The number of hydrogen-bond donors (Lipinski definition) is 1. The maximum Gasteiger partial charge on any atom is 0.251 e. The van der Waals surface area contributed by atoms with Gasteiger partial charge in [0.25, 0.3) is 5.91 Å². The largest absolute Gasteiger partial charge is 0.325 e. The van der Waals surface area contributed by atoms with Gasteiger partial charge in [0.1, 0.15) is 0 Å². The summed E-state index contributed by atoms with van der Waals surface area (Å²) >= 11 is 0. The van der Waals surface area contributed by atoms with E-state index in [1.165, 1.54) is 17.5 Å². The Hall–Kier alpha value is -2.62. The first kappa shape index (κ1) is 15.9. The fourth-order valence-electron chi connectivity index (χ4n) is 4.47. The van der Waals surface area contributed by atoms with Gasteiger partial charge in [-0.05, 0) is 49.8 Å². The van der Waals surface area contributed by atoms with Crippen molar-refractivity contribution in [2.24, 2.45) is 0 Å². The van der Waals surface area contributed by atoms with Gasteiger partial charge in [-0.15, -0.1) is 0 Å². The molecule has 0 radical (unpaired) electrons. The Morgan fingerprint density at radius 3 is 2.52 bits per heavy atom. The summed E-state index contributed by atoms with van der Waals surface area (Å²) in [5.74, 6) is -0.452. The first-order chi connectivity index (χ1) is 12.1. The molecule has 0 bridgehead atoms. The van der Waals surface area contributed by atoms with Crippen LogP contribution in [0.1, 0.15) is 36.5 Å². The molecule has 25 heavy (non-hydrogen) atoms. The third-order valence-corrected chi connectivity index (χ3v) is 5.71. The van der Waals surface area contributed by atoms with Gasteiger partial charge in [-0.1, -0.05) is 30.9 Å². The van der Waals surface area contributed by atoms with Gasteiger partial charge < -0.3 is 10.2 Å². The minimum atomic E-state index is -1.29. The second-order valence-corrected chi connectivity index (χ2v) is 6.93. The Morgan fingerprint density at radius 2 is 1.88 bits per heavy atom. The van der Waals surface area contributed by atoms with E-state index in [1.54, 1.807) is 24.1 Å². The van der Waals surface area contributed by atoms with Crippen LogP contribution in [-0.2, 0) is 27.8 Å². The second-order valence-electron chi connectivity index (χ2n) is 6.93. The molecule has 2 aliphatic heterocycles. The highest BCUT2D eigenvalue weighted by atomic mass is 16.2. The number of anilines is 1. The van der Waals surface area contributed by atoms with Gasteiger partial charge >= 0.3 is 0 Å². The van der Waals surface area contributed by atoms with Crippen molar-refractivity contribution in [3.63, 3.8) is 0 Å². The van der Waals surface area contributed by atoms with E-state index >= 15 is 0 Å². The van der Waals surface area contributed by atoms with Crippen LogP contribution in [0.3, 0.4) is 0 Å². The van der Waals surface area contributed by atoms with Crippen molar-refractivity contribution in [1.82, 2.24) is 5.32 Å². The number of allylic oxidation sites excluding steroid dienone is 4. The number of nitrogens with zero attached hydrogens (tertiary/aromatic N) is 1. The molecule has 4 rings (SSSR count). The molecule has 4 heteroatoms. The number of hydrogen-bond acceptors (Lipinski definition) is 2. The van der Waals surface area contributed by atoms with E-state index in [1.807, 2.05) is 13.0 Å². The molecule has 1 aromatic carbocycles. The highest BCUT2D eigenvalue weighted by Crippen LogP contribution is 2.51. The van der Waals surface area contributed by atoms with Crippen LogP contribution in [0.25, 0.3) is 0 Å². The van der Waals surface area contributed by atoms with Crippen LogP contribution < -0.4 is 10.2 Å². The Labute approximate surface area is 147 Å².